The monoisotopic (exact) mass is 262 g/mol. The van der Waals surface area contributed by atoms with Crippen molar-refractivity contribution in [2.24, 2.45) is 0 Å². The van der Waals surface area contributed by atoms with Crippen LogP contribution in [0, 0.1) is 6.92 Å². The van der Waals surface area contributed by atoms with Crippen LogP contribution in [0.5, 0.6) is 0 Å². The highest BCUT2D eigenvalue weighted by atomic mass is 19.4. The fraction of sp³-hybridized carbons (Fsp3) is 0.300. The maximum atomic E-state index is 11.7. The van der Waals surface area contributed by atoms with Crippen LogP contribution in [0.25, 0.3) is 0 Å². The number of anilines is 1. The van der Waals surface area contributed by atoms with Crippen LogP contribution < -0.4 is 5.32 Å². The van der Waals surface area contributed by atoms with Gasteiger partial charge in [-0.05, 0) is 18.6 Å². The van der Waals surface area contributed by atoms with Crippen LogP contribution in [0.1, 0.15) is 5.56 Å². The van der Waals surface area contributed by atoms with Gasteiger partial charge in [0.05, 0.1) is 11.9 Å². The normalized spacial score (nSPS) is 10.9. The SMILES string of the molecule is Cc1cncc(NC(=O)C(=O)OCC(F)(F)F)c1. The van der Waals surface area contributed by atoms with E-state index in [1.807, 2.05) is 0 Å². The Balaban J connectivity index is 2.53. The van der Waals surface area contributed by atoms with Gasteiger partial charge in [-0.25, -0.2) is 4.79 Å². The lowest BCUT2D eigenvalue weighted by atomic mass is 10.3. The molecule has 18 heavy (non-hydrogen) atoms. The van der Waals surface area contributed by atoms with Crippen LogP contribution in [-0.2, 0) is 14.3 Å². The van der Waals surface area contributed by atoms with Crippen molar-refractivity contribution in [2.75, 3.05) is 11.9 Å². The molecule has 0 aliphatic heterocycles. The van der Waals surface area contributed by atoms with Gasteiger partial charge in [0.2, 0.25) is 0 Å². The standard InChI is InChI=1S/C10H9F3N2O3/c1-6-2-7(4-14-3-6)15-8(16)9(17)18-5-10(11,12)13/h2-4H,5H2,1H3,(H,15,16). The molecule has 0 saturated heterocycles. The van der Waals surface area contributed by atoms with Crippen molar-refractivity contribution in [3.05, 3.63) is 24.0 Å². The molecule has 8 heteroatoms. The Morgan fingerprint density at radius 3 is 2.61 bits per heavy atom. The number of aryl methyl sites for hydroxylation is 1. The number of aromatic nitrogens is 1. The highest BCUT2D eigenvalue weighted by Gasteiger charge is 2.31. The fourth-order valence-electron chi connectivity index (χ4n) is 1.02. The summed E-state index contributed by atoms with van der Waals surface area (Å²) in [6, 6.07) is 1.50. The summed E-state index contributed by atoms with van der Waals surface area (Å²) < 4.78 is 39.0. The average molecular weight is 262 g/mol. The van der Waals surface area contributed by atoms with Crippen molar-refractivity contribution in [2.45, 2.75) is 13.1 Å². The minimum atomic E-state index is -4.67. The van der Waals surface area contributed by atoms with E-state index < -0.39 is 24.7 Å². The predicted octanol–water partition coefficient (Wildman–Crippen LogP) is 1.43. The van der Waals surface area contributed by atoms with E-state index in [4.69, 9.17) is 0 Å². The largest absolute Gasteiger partial charge is 0.449 e. The Morgan fingerprint density at radius 2 is 2.06 bits per heavy atom. The smallest absolute Gasteiger partial charge is 0.422 e. The molecular weight excluding hydrogens is 253 g/mol. The summed E-state index contributed by atoms with van der Waals surface area (Å²) >= 11 is 0. The van der Waals surface area contributed by atoms with Crippen LogP contribution in [-0.4, -0.2) is 29.6 Å². The van der Waals surface area contributed by atoms with E-state index in [0.29, 0.717) is 0 Å². The number of hydrogen-bond acceptors (Lipinski definition) is 4. The summed E-state index contributed by atoms with van der Waals surface area (Å²) in [6.07, 6.45) is -1.90. The Morgan fingerprint density at radius 1 is 1.39 bits per heavy atom. The van der Waals surface area contributed by atoms with E-state index in [0.717, 1.165) is 5.56 Å². The summed E-state index contributed by atoms with van der Waals surface area (Å²) in [4.78, 5) is 25.8. The molecular formula is C10H9F3N2O3. The zero-order valence-corrected chi connectivity index (χ0v) is 9.25. The summed E-state index contributed by atoms with van der Waals surface area (Å²) in [5.41, 5.74) is 0.917. The molecule has 98 valence electrons. The quantitative estimate of drug-likeness (QED) is 0.646. The van der Waals surface area contributed by atoms with Gasteiger partial charge in [-0.1, -0.05) is 0 Å². The molecule has 0 fully saturated rings. The third-order valence-electron chi connectivity index (χ3n) is 1.69. The summed E-state index contributed by atoms with van der Waals surface area (Å²) in [7, 11) is 0. The van der Waals surface area contributed by atoms with Gasteiger partial charge in [-0.15, -0.1) is 0 Å². The summed E-state index contributed by atoms with van der Waals surface area (Å²) in [5.74, 6) is -2.89. The number of alkyl halides is 3. The second-order valence-electron chi connectivity index (χ2n) is 3.40. The lowest BCUT2D eigenvalue weighted by Crippen LogP contribution is -2.29. The van der Waals surface area contributed by atoms with E-state index in [1.54, 1.807) is 6.92 Å². The van der Waals surface area contributed by atoms with Gasteiger partial charge in [-0.2, -0.15) is 13.2 Å². The van der Waals surface area contributed by atoms with Gasteiger partial charge in [-0.3, -0.25) is 9.78 Å². The minimum absolute atomic E-state index is 0.198. The number of hydrogen-bond donors (Lipinski definition) is 1. The fourth-order valence-corrected chi connectivity index (χ4v) is 1.02. The number of rotatable bonds is 2. The molecule has 1 amide bonds. The number of ether oxygens (including phenoxy) is 1. The second kappa shape index (κ2) is 5.48. The van der Waals surface area contributed by atoms with Crippen molar-refractivity contribution in [1.82, 2.24) is 4.98 Å². The Hall–Kier alpha value is -2.12. The van der Waals surface area contributed by atoms with Crippen LogP contribution in [0.3, 0.4) is 0 Å². The van der Waals surface area contributed by atoms with E-state index in [1.165, 1.54) is 18.5 Å². The Bertz CT molecular complexity index is 460. The van der Waals surface area contributed by atoms with E-state index >= 15 is 0 Å². The number of pyridine rings is 1. The van der Waals surface area contributed by atoms with Crippen molar-refractivity contribution in [3.8, 4) is 0 Å². The number of esters is 1. The zero-order valence-electron chi connectivity index (χ0n) is 9.25. The maximum absolute atomic E-state index is 11.7. The van der Waals surface area contributed by atoms with Crippen molar-refractivity contribution < 1.29 is 27.5 Å². The van der Waals surface area contributed by atoms with Crippen molar-refractivity contribution in [1.29, 1.82) is 0 Å². The molecule has 1 heterocycles. The second-order valence-corrected chi connectivity index (χ2v) is 3.40. The first-order valence-electron chi connectivity index (χ1n) is 4.74. The van der Waals surface area contributed by atoms with E-state index in [9.17, 15) is 22.8 Å². The van der Waals surface area contributed by atoms with E-state index in [-0.39, 0.29) is 5.69 Å². The molecule has 0 spiro atoms. The van der Waals surface area contributed by atoms with E-state index in [2.05, 4.69) is 15.0 Å². The van der Waals surface area contributed by atoms with Crippen molar-refractivity contribution in [3.63, 3.8) is 0 Å². The Labute approximate surface area is 100.0 Å². The molecule has 1 aromatic rings. The topological polar surface area (TPSA) is 68.3 Å². The van der Waals surface area contributed by atoms with Gasteiger partial charge in [0, 0.05) is 6.20 Å². The first kappa shape index (κ1) is 13.9. The number of halogens is 3. The molecule has 0 unspecified atom stereocenters. The lowest BCUT2D eigenvalue weighted by molar-refractivity contribution is -0.186. The molecule has 0 aliphatic carbocycles. The number of carbonyl (C=O) groups excluding carboxylic acids is 2. The molecule has 0 bridgehead atoms. The van der Waals surface area contributed by atoms with Gasteiger partial charge in [0.25, 0.3) is 0 Å². The van der Waals surface area contributed by atoms with Gasteiger partial charge in [0.15, 0.2) is 6.61 Å². The maximum Gasteiger partial charge on any atom is 0.422 e. The van der Waals surface area contributed by atoms with Crippen LogP contribution in [0.15, 0.2) is 18.5 Å². The van der Waals surface area contributed by atoms with Gasteiger partial charge < -0.3 is 10.1 Å². The number of amides is 1. The van der Waals surface area contributed by atoms with Crippen LogP contribution in [0.2, 0.25) is 0 Å². The molecule has 0 aliphatic rings. The first-order chi connectivity index (χ1) is 8.28. The lowest BCUT2D eigenvalue weighted by Gasteiger charge is -2.08. The van der Waals surface area contributed by atoms with Gasteiger partial charge in [0.1, 0.15) is 0 Å². The third kappa shape index (κ3) is 4.81. The molecule has 1 rings (SSSR count). The number of nitrogens with zero attached hydrogens (tertiary/aromatic N) is 1. The zero-order chi connectivity index (χ0) is 13.8. The summed E-state index contributed by atoms with van der Waals surface area (Å²) in [5, 5.41) is 2.08. The average Bonchev–Trinajstić information content (AvgIpc) is 2.24. The molecule has 1 aromatic heterocycles. The number of carbonyl (C=O) groups is 2. The molecule has 0 saturated carbocycles. The Kier molecular flexibility index (Phi) is 4.24. The third-order valence-corrected chi connectivity index (χ3v) is 1.69. The predicted molar refractivity (Wildman–Crippen MR) is 54.6 cm³/mol. The van der Waals surface area contributed by atoms with Crippen LogP contribution >= 0.6 is 0 Å². The van der Waals surface area contributed by atoms with Crippen LogP contribution in [0.4, 0.5) is 18.9 Å². The first-order valence-corrected chi connectivity index (χ1v) is 4.74. The number of nitrogens with one attached hydrogen (secondary N) is 1. The molecule has 0 radical (unpaired) electrons. The highest BCUT2D eigenvalue weighted by Crippen LogP contribution is 2.14. The summed E-state index contributed by atoms with van der Waals surface area (Å²) in [6.45, 7) is -0.101. The molecule has 5 nitrogen and oxygen atoms in total. The molecule has 0 atom stereocenters. The minimum Gasteiger partial charge on any atom is -0.449 e. The molecule has 0 aromatic carbocycles. The highest BCUT2D eigenvalue weighted by molar-refractivity contribution is 6.37. The molecule has 1 N–H and O–H groups in total. The van der Waals surface area contributed by atoms with Gasteiger partial charge >= 0.3 is 18.1 Å². The van der Waals surface area contributed by atoms with Crippen molar-refractivity contribution >= 4 is 17.6 Å².